The Labute approximate surface area is 222 Å². The lowest BCUT2D eigenvalue weighted by Gasteiger charge is -2.45. The van der Waals surface area contributed by atoms with Gasteiger partial charge < -0.3 is 15.2 Å². The standard InChI is InChI=1S/C28H37N3O6S/c1-26(2)19-8-10-28(26,22(15-19)31-24(34)21(16-23(32)33)29-25(31)35)17-38(36,37)30-13-11-27(12-14-30)9-7-18-5-3-4-6-20(18)27/h3-6,19,22,34H,7-17H2,1-2H3,(H,29,35)(H,32,33)/t19-,22+,28-/m1/s1. The van der Waals surface area contributed by atoms with Crippen LogP contribution in [0.25, 0.3) is 0 Å². The van der Waals surface area contributed by atoms with E-state index in [-0.39, 0.29) is 34.1 Å². The fourth-order valence-corrected chi connectivity index (χ4v) is 11.0. The van der Waals surface area contributed by atoms with E-state index in [1.54, 1.807) is 4.31 Å². The van der Waals surface area contributed by atoms with Gasteiger partial charge in [0.05, 0.1) is 17.9 Å². The van der Waals surface area contributed by atoms with E-state index in [9.17, 15) is 28.2 Å². The largest absolute Gasteiger partial charge is 0.493 e. The number of nitrogens with zero attached hydrogens (tertiary/aromatic N) is 2. The third-order valence-corrected chi connectivity index (χ3v) is 13.0. The molecule has 2 heterocycles. The van der Waals surface area contributed by atoms with Crippen molar-refractivity contribution in [2.24, 2.45) is 16.7 Å². The van der Waals surface area contributed by atoms with E-state index in [1.807, 2.05) is 0 Å². The fourth-order valence-electron chi connectivity index (χ4n) is 8.68. The number of imidazole rings is 1. The van der Waals surface area contributed by atoms with Crippen molar-refractivity contribution < 1.29 is 23.4 Å². The van der Waals surface area contributed by atoms with Crippen LogP contribution < -0.4 is 5.69 Å². The number of H-pyrrole nitrogens is 1. The summed E-state index contributed by atoms with van der Waals surface area (Å²) in [6.07, 6.45) is 5.33. The van der Waals surface area contributed by atoms with Gasteiger partial charge in [0, 0.05) is 24.5 Å². The summed E-state index contributed by atoms with van der Waals surface area (Å²) in [5.41, 5.74) is 1.10. The van der Waals surface area contributed by atoms with Crippen LogP contribution in [0.4, 0.5) is 0 Å². The van der Waals surface area contributed by atoms with Gasteiger partial charge in [0.15, 0.2) is 0 Å². The highest BCUT2D eigenvalue weighted by atomic mass is 32.2. The molecule has 3 fully saturated rings. The van der Waals surface area contributed by atoms with Gasteiger partial charge in [-0.3, -0.25) is 9.36 Å². The van der Waals surface area contributed by atoms with Crippen LogP contribution in [-0.2, 0) is 33.1 Å². The molecule has 1 aromatic heterocycles. The van der Waals surface area contributed by atoms with Crippen LogP contribution in [0.2, 0.25) is 0 Å². The van der Waals surface area contributed by atoms with Gasteiger partial charge in [0.25, 0.3) is 0 Å². The number of aromatic amines is 1. The highest BCUT2D eigenvalue weighted by molar-refractivity contribution is 7.89. The van der Waals surface area contributed by atoms with Gasteiger partial charge in [-0.15, -0.1) is 0 Å². The lowest BCUT2D eigenvalue weighted by atomic mass is 9.69. The zero-order chi connectivity index (χ0) is 27.1. The first-order valence-electron chi connectivity index (χ1n) is 13.7. The first kappa shape index (κ1) is 25.7. The van der Waals surface area contributed by atoms with Gasteiger partial charge in [-0.2, -0.15) is 0 Å². The number of nitrogens with one attached hydrogen (secondary N) is 1. The van der Waals surface area contributed by atoms with Crippen molar-refractivity contribution in [2.45, 2.75) is 76.7 Å². The number of aryl methyl sites for hydroxylation is 1. The molecule has 3 atom stereocenters. The van der Waals surface area contributed by atoms with Crippen molar-refractivity contribution >= 4 is 16.0 Å². The molecule has 3 N–H and O–H groups in total. The molecular weight excluding hydrogens is 506 g/mol. The van der Waals surface area contributed by atoms with E-state index in [0.29, 0.717) is 25.9 Å². The molecule has 3 aliphatic carbocycles. The first-order chi connectivity index (χ1) is 17.9. The third kappa shape index (κ3) is 3.55. The third-order valence-electron chi connectivity index (χ3n) is 11.0. The molecule has 1 spiro atoms. The number of fused-ring (bicyclic) bond motifs is 4. The number of carbonyl (C=O) groups is 1. The van der Waals surface area contributed by atoms with Crippen molar-refractivity contribution in [3.05, 3.63) is 51.6 Å². The number of carboxylic acid groups (broad SMARTS) is 1. The van der Waals surface area contributed by atoms with E-state index in [1.165, 1.54) is 15.7 Å². The average molecular weight is 544 g/mol. The van der Waals surface area contributed by atoms with Gasteiger partial charge >= 0.3 is 11.7 Å². The SMILES string of the molecule is CC1(C)[C@@H]2CC[C@@]1(CS(=O)(=O)N1CCC3(CCc4ccccc43)CC1)[C@@H](n1c(O)c(CC(=O)O)[nH]c1=O)C2. The van der Waals surface area contributed by atoms with Crippen molar-refractivity contribution in [3.8, 4) is 5.88 Å². The lowest BCUT2D eigenvalue weighted by Crippen LogP contribution is -2.50. The second-order valence-corrected chi connectivity index (χ2v) is 14.6. The number of hydrogen-bond acceptors (Lipinski definition) is 5. The average Bonchev–Trinajstić information content (AvgIpc) is 3.49. The second-order valence-electron chi connectivity index (χ2n) is 12.6. The van der Waals surface area contributed by atoms with Crippen LogP contribution >= 0.6 is 0 Å². The molecule has 9 nitrogen and oxygen atoms in total. The van der Waals surface area contributed by atoms with Crippen molar-refractivity contribution in [1.82, 2.24) is 13.9 Å². The minimum absolute atomic E-state index is 0.0424. The summed E-state index contributed by atoms with van der Waals surface area (Å²) in [4.78, 5) is 26.7. The number of hydrogen-bond donors (Lipinski definition) is 3. The van der Waals surface area contributed by atoms with Crippen molar-refractivity contribution in [2.75, 3.05) is 18.8 Å². The second kappa shape index (κ2) is 8.45. The predicted octanol–water partition coefficient (Wildman–Crippen LogP) is 3.19. The number of aliphatic carboxylic acids is 1. The summed E-state index contributed by atoms with van der Waals surface area (Å²) in [5, 5.41) is 20.1. The van der Waals surface area contributed by atoms with Gasteiger partial charge in [-0.25, -0.2) is 17.5 Å². The molecular formula is C28H37N3O6S. The van der Waals surface area contributed by atoms with Gasteiger partial charge in [0.1, 0.15) is 0 Å². The molecule has 0 radical (unpaired) electrons. The minimum Gasteiger partial charge on any atom is -0.493 e. The maximum Gasteiger partial charge on any atom is 0.328 e. The fraction of sp³-hybridized carbons (Fsp3) is 0.643. The Hall–Kier alpha value is -2.59. The Morgan fingerprint density at radius 3 is 2.53 bits per heavy atom. The molecule has 1 aliphatic heterocycles. The molecule has 0 unspecified atom stereocenters. The number of aromatic hydroxyl groups is 1. The summed E-state index contributed by atoms with van der Waals surface area (Å²) in [7, 11) is -3.65. The predicted molar refractivity (Wildman–Crippen MR) is 142 cm³/mol. The molecule has 6 rings (SSSR count). The normalized spacial score (nSPS) is 29.6. The van der Waals surface area contributed by atoms with E-state index in [0.717, 1.165) is 32.1 Å². The van der Waals surface area contributed by atoms with Crippen LogP contribution in [0.1, 0.15) is 75.2 Å². The van der Waals surface area contributed by atoms with Gasteiger partial charge in [-0.1, -0.05) is 38.1 Å². The number of aromatic nitrogens is 2. The maximum absolute atomic E-state index is 14.0. The van der Waals surface area contributed by atoms with E-state index >= 15 is 0 Å². The summed E-state index contributed by atoms with van der Waals surface area (Å²) in [6, 6.07) is 8.02. The first-order valence-corrected chi connectivity index (χ1v) is 15.3. The van der Waals surface area contributed by atoms with E-state index in [2.05, 4.69) is 43.1 Å². The molecule has 2 bridgehead atoms. The highest BCUT2D eigenvalue weighted by Gasteiger charge is 2.66. The van der Waals surface area contributed by atoms with E-state index < -0.39 is 39.6 Å². The molecule has 206 valence electrons. The summed E-state index contributed by atoms with van der Waals surface area (Å²) in [5.74, 6) is -1.41. The van der Waals surface area contributed by atoms with E-state index in [4.69, 9.17) is 0 Å². The zero-order valence-corrected chi connectivity index (χ0v) is 22.9. The van der Waals surface area contributed by atoms with Crippen LogP contribution in [0.15, 0.2) is 29.1 Å². The Kier molecular flexibility index (Phi) is 5.71. The quantitative estimate of drug-likeness (QED) is 0.513. The number of piperidine rings is 1. The molecule has 38 heavy (non-hydrogen) atoms. The van der Waals surface area contributed by atoms with Crippen LogP contribution in [0, 0.1) is 16.7 Å². The Balaban J connectivity index is 1.29. The van der Waals surface area contributed by atoms with Crippen molar-refractivity contribution in [3.63, 3.8) is 0 Å². The number of rotatable bonds is 6. The Morgan fingerprint density at radius 2 is 1.84 bits per heavy atom. The molecule has 10 heteroatoms. The van der Waals surface area contributed by atoms with Gasteiger partial charge in [0.2, 0.25) is 15.9 Å². The molecule has 2 aromatic rings. The molecule has 1 saturated heterocycles. The summed E-state index contributed by atoms with van der Waals surface area (Å²) < 4.78 is 31.0. The smallest absolute Gasteiger partial charge is 0.328 e. The molecule has 0 amide bonds. The van der Waals surface area contributed by atoms with Crippen LogP contribution in [-0.4, -0.2) is 57.3 Å². The Morgan fingerprint density at radius 1 is 1.13 bits per heavy atom. The number of benzene rings is 1. The van der Waals surface area contributed by atoms with Gasteiger partial charge in [-0.05, 0) is 72.8 Å². The molecule has 2 saturated carbocycles. The Bertz CT molecular complexity index is 1450. The van der Waals surface area contributed by atoms with Crippen LogP contribution in [0.3, 0.4) is 0 Å². The monoisotopic (exact) mass is 543 g/mol. The molecule has 1 aromatic carbocycles. The summed E-state index contributed by atoms with van der Waals surface area (Å²) in [6.45, 7) is 5.15. The maximum atomic E-state index is 14.0. The lowest BCUT2D eigenvalue weighted by molar-refractivity contribution is -0.136. The van der Waals surface area contributed by atoms with Crippen molar-refractivity contribution in [1.29, 1.82) is 0 Å². The topological polar surface area (TPSA) is 133 Å². The zero-order valence-electron chi connectivity index (χ0n) is 22.1. The highest BCUT2D eigenvalue weighted by Crippen LogP contribution is 2.70. The number of sulfonamides is 1. The minimum atomic E-state index is -3.65. The number of carboxylic acids is 1. The summed E-state index contributed by atoms with van der Waals surface area (Å²) >= 11 is 0. The molecule has 4 aliphatic rings. The van der Waals surface area contributed by atoms with Crippen LogP contribution in [0.5, 0.6) is 5.88 Å².